The van der Waals surface area contributed by atoms with E-state index >= 15 is 0 Å². The molecule has 2 aromatic heterocycles. The molecule has 29 heavy (non-hydrogen) atoms. The minimum atomic E-state index is -0.334. The summed E-state index contributed by atoms with van der Waals surface area (Å²) >= 11 is 0. The number of anilines is 3. The molecule has 0 aliphatic rings. The first kappa shape index (κ1) is 20.1. The van der Waals surface area contributed by atoms with Gasteiger partial charge in [-0.15, -0.1) is 0 Å². The minimum absolute atomic E-state index is 0.222. The van der Waals surface area contributed by atoms with Crippen molar-refractivity contribution in [1.29, 1.82) is 0 Å². The van der Waals surface area contributed by atoms with Gasteiger partial charge in [0.2, 0.25) is 5.88 Å². The molecule has 8 nitrogen and oxygen atoms in total. The number of nitrogens with one attached hydrogen (secondary N) is 2. The lowest BCUT2D eigenvalue weighted by Gasteiger charge is -2.10. The summed E-state index contributed by atoms with van der Waals surface area (Å²) in [6.45, 7) is 3.22. The average molecular weight is 392 g/mol. The zero-order valence-corrected chi connectivity index (χ0v) is 16.3. The van der Waals surface area contributed by atoms with Crippen molar-refractivity contribution >= 4 is 23.1 Å². The Morgan fingerprint density at radius 1 is 1.14 bits per heavy atom. The molecule has 3 rings (SSSR count). The number of nitrogens with zero attached hydrogens (tertiary/aromatic N) is 3. The zero-order chi connectivity index (χ0) is 20.5. The zero-order valence-electron chi connectivity index (χ0n) is 16.3. The third-order valence-electron chi connectivity index (χ3n) is 4.11. The van der Waals surface area contributed by atoms with Crippen LogP contribution in [0.2, 0.25) is 0 Å². The number of hydrogen-bond donors (Lipinski definition) is 3. The minimum Gasteiger partial charge on any atom is -0.477 e. The van der Waals surface area contributed by atoms with Crippen LogP contribution in [0.3, 0.4) is 0 Å². The number of nitrogen functional groups attached to an aromatic ring is 1. The molecular weight excluding hydrogens is 368 g/mol. The third kappa shape index (κ3) is 5.90. The van der Waals surface area contributed by atoms with E-state index in [4.69, 9.17) is 10.5 Å². The largest absolute Gasteiger partial charge is 0.477 e. The molecule has 0 spiro atoms. The summed E-state index contributed by atoms with van der Waals surface area (Å²) in [5.74, 6) is 0.523. The van der Waals surface area contributed by atoms with E-state index in [1.165, 1.54) is 12.4 Å². The number of carbonyl (C=O) groups excluding carboxylic acids is 1. The first-order valence-electron chi connectivity index (χ1n) is 9.45. The fourth-order valence-electron chi connectivity index (χ4n) is 2.55. The molecule has 0 aliphatic heterocycles. The molecule has 0 bridgehead atoms. The van der Waals surface area contributed by atoms with E-state index in [9.17, 15) is 4.79 Å². The summed E-state index contributed by atoms with van der Waals surface area (Å²) in [5.41, 5.74) is 8.47. The Kier molecular flexibility index (Phi) is 6.94. The first-order chi connectivity index (χ1) is 14.2. The smallest absolute Gasteiger partial charge is 0.275 e. The molecule has 4 N–H and O–H groups in total. The number of hydrogen-bond acceptors (Lipinski definition) is 7. The van der Waals surface area contributed by atoms with Crippen molar-refractivity contribution in [3.05, 3.63) is 66.2 Å². The fourth-order valence-corrected chi connectivity index (χ4v) is 2.55. The predicted molar refractivity (Wildman–Crippen MR) is 113 cm³/mol. The fraction of sp³-hybridized carbons (Fsp3) is 0.238. The predicted octanol–water partition coefficient (Wildman–Crippen LogP) is 3.50. The van der Waals surface area contributed by atoms with Crippen LogP contribution in [0, 0.1) is 0 Å². The van der Waals surface area contributed by atoms with Crippen molar-refractivity contribution in [2.45, 2.75) is 26.3 Å². The van der Waals surface area contributed by atoms with Crippen LogP contribution >= 0.6 is 0 Å². The van der Waals surface area contributed by atoms with E-state index in [1.807, 2.05) is 36.4 Å². The Morgan fingerprint density at radius 2 is 2.03 bits per heavy atom. The summed E-state index contributed by atoms with van der Waals surface area (Å²) in [5, 5.41) is 6.06. The number of ether oxygens (including phenoxy) is 1. The van der Waals surface area contributed by atoms with Crippen LogP contribution < -0.4 is 21.1 Å². The highest BCUT2D eigenvalue weighted by Crippen LogP contribution is 2.17. The maximum atomic E-state index is 12.4. The van der Waals surface area contributed by atoms with Gasteiger partial charge in [-0.2, -0.15) is 0 Å². The highest BCUT2D eigenvalue weighted by molar-refractivity contribution is 6.02. The molecule has 0 radical (unpaired) electrons. The van der Waals surface area contributed by atoms with E-state index in [0.29, 0.717) is 30.5 Å². The summed E-state index contributed by atoms with van der Waals surface area (Å²) in [6.07, 6.45) is 6.50. The number of nitrogens with two attached hydrogens (primary N) is 1. The van der Waals surface area contributed by atoms with E-state index in [1.54, 1.807) is 6.20 Å². The lowest BCUT2D eigenvalue weighted by Crippen LogP contribution is -2.14. The monoisotopic (exact) mass is 392 g/mol. The van der Waals surface area contributed by atoms with E-state index < -0.39 is 0 Å². The SMILES string of the molecule is CCCCOc1cnc(C(=O)Nc2cccc(CNc3cccnc3N)c2)cn1. The topological polar surface area (TPSA) is 115 Å². The highest BCUT2D eigenvalue weighted by atomic mass is 16.5. The standard InChI is InChI=1S/C21H24N6O2/c1-2-3-10-29-19-14-25-18(13-26-19)21(28)27-16-7-4-6-15(11-16)12-24-17-8-5-9-23-20(17)22/h4-9,11,13-14,24H,2-3,10,12H2,1H3,(H2,22,23)(H,27,28). The van der Waals surface area contributed by atoms with Crippen LogP contribution in [0.25, 0.3) is 0 Å². The van der Waals surface area contributed by atoms with Crippen molar-refractivity contribution in [2.75, 3.05) is 23.0 Å². The third-order valence-corrected chi connectivity index (χ3v) is 4.11. The molecule has 1 amide bonds. The van der Waals surface area contributed by atoms with Gasteiger partial charge in [-0.3, -0.25) is 4.79 Å². The summed E-state index contributed by atoms with van der Waals surface area (Å²) in [4.78, 5) is 24.7. The van der Waals surface area contributed by atoms with Crippen molar-refractivity contribution in [3.8, 4) is 5.88 Å². The molecule has 1 aromatic carbocycles. The first-order valence-corrected chi connectivity index (χ1v) is 9.45. The molecule has 0 saturated heterocycles. The number of rotatable bonds is 9. The Balaban J connectivity index is 1.58. The summed E-state index contributed by atoms with van der Waals surface area (Å²) in [6, 6.07) is 11.2. The highest BCUT2D eigenvalue weighted by Gasteiger charge is 2.09. The Morgan fingerprint density at radius 3 is 2.79 bits per heavy atom. The number of amides is 1. The van der Waals surface area contributed by atoms with Crippen LogP contribution in [0.1, 0.15) is 35.8 Å². The Bertz CT molecular complexity index is 946. The second kappa shape index (κ2) is 10.0. The molecule has 0 unspecified atom stereocenters. The van der Waals surface area contributed by atoms with Crippen molar-refractivity contribution in [2.24, 2.45) is 0 Å². The maximum Gasteiger partial charge on any atom is 0.275 e. The van der Waals surface area contributed by atoms with Gasteiger partial charge in [0.05, 0.1) is 24.7 Å². The van der Waals surface area contributed by atoms with Gasteiger partial charge in [-0.25, -0.2) is 15.0 Å². The van der Waals surface area contributed by atoms with Gasteiger partial charge in [0.25, 0.3) is 5.91 Å². The van der Waals surface area contributed by atoms with E-state index in [2.05, 4.69) is 32.5 Å². The molecule has 0 aliphatic carbocycles. The van der Waals surface area contributed by atoms with Crippen molar-refractivity contribution in [1.82, 2.24) is 15.0 Å². The van der Waals surface area contributed by atoms with E-state index in [-0.39, 0.29) is 11.6 Å². The summed E-state index contributed by atoms with van der Waals surface area (Å²) < 4.78 is 5.46. The van der Waals surface area contributed by atoms with Gasteiger partial charge in [-0.1, -0.05) is 25.5 Å². The quantitative estimate of drug-likeness (QED) is 0.477. The molecule has 3 aromatic rings. The molecule has 0 atom stereocenters. The summed E-state index contributed by atoms with van der Waals surface area (Å²) in [7, 11) is 0. The van der Waals surface area contributed by atoms with Crippen LogP contribution in [0.4, 0.5) is 17.2 Å². The van der Waals surface area contributed by atoms with Crippen molar-refractivity contribution < 1.29 is 9.53 Å². The average Bonchev–Trinajstić information content (AvgIpc) is 2.74. The number of unbranched alkanes of at least 4 members (excludes halogenated alkanes) is 1. The second-order valence-electron chi connectivity index (χ2n) is 6.39. The Labute approximate surface area is 169 Å². The molecule has 8 heteroatoms. The number of carbonyl (C=O) groups is 1. The number of aromatic nitrogens is 3. The Hall–Kier alpha value is -3.68. The molecular formula is C21H24N6O2. The molecule has 2 heterocycles. The van der Waals surface area contributed by atoms with Gasteiger partial charge in [0.1, 0.15) is 11.5 Å². The van der Waals surface area contributed by atoms with Gasteiger partial charge < -0.3 is 21.1 Å². The van der Waals surface area contributed by atoms with Gasteiger partial charge in [-0.05, 0) is 36.2 Å². The normalized spacial score (nSPS) is 10.4. The van der Waals surface area contributed by atoms with Gasteiger partial charge in [0.15, 0.2) is 0 Å². The van der Waals surface area contributed by atoms with Crippen LogP contribution in [0.5, 0.6) is 5.88 Å². The van der Waals surface area contributed by atoms with Crippen LogP contribution in [-0.4, -0.2) is 27.5 Å². The lowest BCUT2D eigenvalue weighted by atomic mass is 10.2. The number of pyridine rings is 1. The van der Waals surface area contributed by atoms with E-state index in [0.717, 1.165) is 24.1 Å². The van der Waals surface area contributed by atoms with Crippen LogP contribution in [0.15, 0.2) is 55.0 Å². The van der Waals surface area contributed by atoms with Gasteiger partial charge >= 0.3 is 0 Å². The maximum absolute atomic E-state index is 12.4. The van der Waals surface area contributed by atoms with Crippen molar-refractivity contribution in [3.63, 3.8) is 0 Å². The lowest BCUT2D eigenvalue weighted by molar-refractivity contribution is 0.102. The molecule has 0 saturated carbocycles. The molecule has 0 fully saturated rings. The number of benzene rings is 1. The van der Waals surface area contributed by atoms with Gasteiger partial charge in [0, 0.05) is 18.4 Å². The second-order valence-corrected chi connectivity index (χ2v) is 6.39. The van der Waals surface area contributed by atoms with Crippen LogP contribution in [-0.2, 0) is 6.54 Å². The molecule has 150 valence electrons.